The molecule has 0 fully saturated rings. The van der Waals surface area contributed by atoms with Crippen LogP contribution in [-0.4, -0.2) is 16.1 Å². The van der Waals surface area contributed by atoms with Crippen LogP contribution in [0.2, 0.25) is 0 Å². The van der Waals surface area contributed by atoms with Crippen molar-refractivity contribution in [2.24, 2.45) is 0 Å². The predicted molar refractivity (Wildman–Crippen MR) is 96.8 cm³/mol. The van der Waals surface area contributed by atoms with E-state index in [1.807, 2.05) is 13.2 Å². The number of carbonyl (C=O) groups excluding carboxylic acids is 1. The molecule has 0 aliphatic heterocycles. The Bertz CT molecular complexity index is 510. The highest BCUT2D eigenvalue weighted by Gasteiger charge is 2.09. The predicted octanol–water partition coefficient (Wildman–Crippen LogP) is 4.89. The van der Waals surface area contributed by atoms with Crippen molar-refractivity contribution in [2.75, 3.05) is 0 Å². The van der Waals surface area contributed by atoms with Gasteiger partial charge in [-0.2, -0.15) is 0 Å². The molecule has 0 aromatic carbocycles. The molecule has 0 rings (SSSR count). The van der Waals surface area contributed by atoms with Crippen LogP contribution in [0.5, 0.6) is 0 Å². The third-order valence-corrected chi connectivity index (χ3v) is 3.60. The molecule has 7 nitrogen and oxygen atoms in total. The maximum absolute atomic E-state index is 11.0. The SMILES string of the molecule is CC/C=C(/C/C=C/C/C=C(/CCCCCCC[C]=O)[N+](=O)[O-])[N+](=O)[O-]. The van der Waals surface area contributed by atoms with E-state index < -0.39 is 4.92 Å². The van der Waals surface area contributed by atoms with Gasteiger partial charge < -0.3 is 0 Å². The van der Waals surface area contributed by atoms with Gasteiger partial charge in [0.1, 0.15) is 0 Å². The van der Waals surface area contributed by atoms with E-state index in [2.05, 4.69) is 0 Å². The average molecular weight is 351 g/mol. The van der Waals surface area contributed by atoms with E-state index in [1.165, 1.54) is 0 Å². The number of hydrogen-bond acceptors (Lipinski definition) is 5. The maximum Gasteiger partial charge on any atom is 0.246 e. The van der Waals surface area contributed by atoms with Gasteiger partial charge in [-0.15, -0.1) is 0 Å². The lowest BCUT2D eigenvalue weighted by Crippen LogP contribution is -1.99. The number of allylic oxidation sites excluding steroid dienone is 5. The van der Waals surface area contributed by atoms with Crippen LogP contribution in [0, 0.1) is 20.2 Å². The Hall–Kier alpha value is -2.31. The van der Waals surface area contributed by atoms with E-state index >= 15 is 0 Å². The van der Waals surface area contributed by atoms with Crippen LogP contribution < -0.4 is 0 Å². The van der Waals surface area contributed by atoms with Crippen molar-refractivity contribution >= 4 is 6.29 Å². The first-order chi connectivity index (χ1) is 12.0. The smallest absolute Gasteiger partial charge is 0.246 e. The Morgan fingerprint density at radius 1 is 0.920 bits per heavy atom. The lowest BCUT2D eigenvalue weighted by atomic mass is 10.1. The molecule has 0 heterocycles. The molecule has 0 amide bonds. The third kappa shape index (κ3) is 12.7. The zero-order chi connectivity index (χ0) is 18.9. The summed E-state index contributed by atoms with van der Waals surface area (Å²) in [6.45, 7) is 1.83. The summed E-state index contributed by atoms with van der Waals surface area (Å²) in [5.41, 5.74) is 0.328. The summed E-state index contributed by atoms with van der Waals surface area (Å²) in [5, 5.41) is 21.8. The van der Waals surface area contributed by atoms with E-state index in [0.717, 1.165) is 32.1 Å². The van der Waals surface area contributed by atoms with Crippen molar-refractivity contribution in [3.63, 3.8) is 0 Å². The molecule has 0 unspecified atom stereocenters. The normalized spacial score (nSPS) is 12.5. The third-order valence-electron chi connectivity index (χ3n) is 3.60. The largest absolute Gasteiger partial charge is 0.291 e. The molecule has 139 valence electrons. The van der Waals surface area contributed by atoms with Crippen LogP contribution >= 0.6 is 0 Å². The highest BCUT2D eigenvalue weighted by molar-refractivity contribution is 5.50. The molecule has 0 aromatic heterocycles. The standard InChI is InChI=1S/C18H27N2O5/c1-2-12-17(19(22)23)13-9-7-10-15-18(20(24)25)14-8-5-3-4-6-11-16-21/h7,9,12,15H,2-6,8,10-11,13-14H2,1H3/b9-7+,17-12-,18-15-. The molecule has 0 spiro atoms. The molecular weight excluding hydrogens is 324 g/mol. The van der Waals surface area contributed by atoms with Crippen molar-refractivity contribution in [3.8, 4) is 0 Å². The Morgan fingerprint density at radius 2 is 1.56 bits per heavy atom. The van der Waals surface area contributed by atoms with Gasteiger partial charge in [-0.3, -0.25) is 25.0 Å². The fourth-order valence-electron chi connectivity index (χ4n) is 2.27. The van der Waals surface area contributed by atoms with Gasteiger partial charge in [-0.25, -0.2) is 0 Å². The second-order valence-corrected chi connectivity index (χ2v) is 5.64. The minimum absolute atomic E-state index is 0.143. The van der Waals surface area contributed by atoms with Crippen LogP contribution in [0.4, 0.5) is 0 Å². The van der Waals surface area contributed by atoms with E-state index in [1.54, 1.807) is 24.3 Å². The van der Waals surface area contributed by atoms with Crippen molar-refractivity contribution in [3.05, 3.63) is 55.9 Å². The van der Waals surface area contributed by atoms with Crippen molar-refractivity contribution in [2.45, 2.75) is 71.1 Å². The highest BCUT2D eigenvalue weighted by Crippen LogP contribution is 2.13. The molecule has 0 atom stereocenters. The van der Waals surface area contributed by atoms with Gasteiger partial charge in [-0.05, 0) is 37.8 Å². The van der Waals surface area contributed by atoms with Crippen molar-refractivity contribution < 1.29 is 14.6 Å². The second kappa shape index (κ2) is 15.2. The fourth-order valence-corrected chi connectivity index (χ4v) is 2.27. The molecule has 0 saturated heterocycles. The Kier molecular flexibility index (Phi) is 13.8. The number of nitrogens with zero attached hydrogens (tertiary/aromatic N) is 2. The maximum atomic E-state index is 11.0. The Morgan fingerprint density at radius 3 is 2.16 bits per heavy atom. The first-order valence-electron chi connectivity index (χ1n) is 8.69. The van der Waals surface area contributed by atoms with Crippen LogP contribution in [0.25, 0.3) is 0 Å². The quantitative estimate of drug-likeness (QED) is 0.181. The van der Waals surface area contributed by atoms with Gasteiger partial charge in [0.15, 0.2) is 6.29 Å². The lowest BCUT2D eigenvalue weighted by molar-refractivity contribution is -0.428. The number of unbranched alkanes of at least 4 members (excludes halogenated alkanes) is 5. The summed E-state index contributed by atoms with van der Waals surface area (Å²) in [4.78, 5) is 31.1. The molecule has 0 saturated carbocycles. The number of hydrogen-bond donors (Lipinski definition) is 0. The molecule has 0 N–H and O–H groups in total. The molecule has 0 aromatic rings. The minimum Gasteiger partial charge on any atom is -0.291 e. The summed E-state index contributed by atoms with van der Waals surface area (Å²) < 4.78 is 0. The van der Waals surface area contributed by atoms with E-state index in [9.17, 15) is 25.0 Å². The van der Waals surface area contributed by atoms with Crippen molar-refractivity contribution in [1.82, 2.24) is 0 Å². The lowest BCUT2D eigenvalue weighted by Gasteiger charge is -2.00. The van der Waals surface area contributed by atoms with Gasteiger partial charge in [0, 0.05) is 12.8 Å². The zero-order valence-electron chi connectivity index (χ0n) is 14.8. The average Bonchev–Trinajstić information content (AvgIpc) is 2.57. The van der Waals surface area contributed by atoms with Crippen LogP contribution in [0.3, 0.4) is 0 Å². The summed E-state index contributed by atoms with van der Waals surface area (Å²) in [5.74, 6) is 0. The summed E-state index contributed by atoms with van der Waals surface area (Å²) in [7, 11) is 0. The second-order valence-electron chi connectivity index (χ2n) is 5.64. The molecule has 1 radical (unpaired) electrons. The van der Waals surface area contributed by atoms with Crippen molar-refractivity contribution in [1.29, 1.82) is 0 Å². The van der Waals surface area contributed by atoms with Gasteiger partial charge >= 0.3 is 0 Å². The Labute approximate surface area is 148 Å². The first kappa shape index (κ1) is 22.7. The minimum atomic E-state index is -0.404. The van der Waals surface area contributed by atoms with Gasteiger partial charge in [0.25, 0.3) is 0 Å². The monoisotopic (exact) mass is 351 g/mol. The molecule has 0 aliphatic carbocycles. The highest BCUT2D eigenvalue weighted by atomic mass is 16.6. The summed E-state index contributed by atoms with van der Waals surface area (Å²) >= 11 is 0. The molecular formula is C18H27N2O5. The van der Waals surface area contributed by atoms with E-state index in [4.69, 9.17) is 0 Å². The van der Waals surface area contributed by atoms with Crippen LogP contribution in [0.1, 0.15) is 71.1 Å². The fraction of sp³-hybridized carbons (Fsp3) is 0.611. The van der Waals surface area contributed by atoms with Gasteiger partial charge in [0.05, 0.1) is 16.3 Å². The van der Waals surface area contributed by atoms with E-state index in [-0.39, 0.29) is 22.7 Å². The zero-order valence-corrected chi connectivity index (χ0v) is 14.8. The van der Waals surface area contributed by atoms with Crippen LogP contribution in [-0.2, 0) is 4.79 Å². The Balaban J connectivity index is 4.20. The number of nitro groups is 2. The number of rotatable bonds is 15. The molecule has 0 bridgehead atoms. The molecule has 0 aliphatic rings. The topological polar surface area (TPSA) is 103 Å². The van der Waals surface area contributed by atoms with Crippen LogP contribution in [0.15, 0.2) is 35.7 Å². The van der Waals surface area contributed by atoms with Gasteiger partial charge in [0.2, 0.25) is 11.4 Å². The van der Waals surface area contributed by atoms with E-state index in [0.29, 0.717) is 25.7 Å². The summed E-state index contributed by atoms with van der Waals surface area (Å²) in [6, 6.07) is 0. The molecule has 25 heavy (non-hydrogen) atoms. The van der Waals surface area contributed by atoms with Gasteiger partial charge in [-0.1, -0.05) is 38.3 Å². The molecule has 7 heteroatoms. The summed E-state index contributed by atoms with van der Waals surface area (Å²) in [6.07, 6.45) is 14.8. The first-order valence-corrected chi connectivity index (χ1v) is 8.69.